The molecule has 0 bridgehead atoms. The van der Waals surface area contributed by atoms with Crippen molar-refractivity contribution in [1.82, 2.24) is 4.90 Å². The predicted octanol–water partition coefficient (Wildman–Crippen LogP) is 2.57. The number of nitrogens with zero attached hydrogens (tertiary/aromatic N) is 1. The first kappa shape index (κ1) is 17.8. The lowest BCUT2D eigenvalue weighted by molar-refractivity contribution is -0.147. The number of carboxylic acid groups (broad SMARTS) is 1. The van der Waals surface area contributed by atoms with Crippen LogP contribution in [-0.4, -0.2) is 47.4 Å². The number of likely N-dealkylation sites (tertiary alicyclic amines) is 1. The van der Waals surface area contributed by atoms with Gasteiger partial charge in [0.1, 0.15) is 6.04 Å². The number of hydrogen-bond acceptors (Lipinski definition) is 5. The van der Waals surface area contributed by atoms with E-state index in [4.69, 9.17) is 21.4 Å². The third-order valence-corrected chi connectivity index (χ3v) is 4.74. The summed E-state index contributed by atoms with van der Waals surface area (Å²) < 4.78 is 4.92. The SMILES string of the molecule is COC(=O)[C@H](c1ccccc1Cl)N1CC[C@H](S)/C(=C/C(=O)O)C1. The van der Waals surface area contributed by atoms with Gasteiger partial charge in [-0.2, -0.15) is 12.6 Å². The smallest absolute Gasteiger partial charge is 0.328 e. The predicted molar refractivity (Wildman–Crippen MR) is 90.9 cm³/mol. The monoisotopic (exact) mass is 355 g/mol. The highest BCUT2D eigenvalue weighted by Gasteiger charge is 2.34. The molecule has 0 amide bonds. The summed E-state index contributed by atoms with van der Waals surface area (Å²) in [5.74, 6) is -1.45. The molecule has 1 aromatic rings. The third kappa shape index (κ3) is 4.28. The number of thiol groups is 1. The van der Waals surface area contributed by atoms with Gasteiger partial charge in [0.15, 0.2) is 0 Å². The Labute approximate surface area is 145 Å². The lowest BCUT2D eigenvalue weighted by Crippen LogP contribution is -2.42. The molecular weight excluding hydrogens is 338 g/mol. The number of ether oxygens (including phenoxy) is 1. The molecule has 1 heterocycles. The highest BCUT2D eigenvalue weighted by Crippen LogP contribution is 2.33. The number of aliphatic carboxylic acids is 1. The van der Waals surface area contributed by atoms with E-state index in [2.05, 4.69) is 12.6 Å². The number of carbonyl (C=O) groups excluding carboxylic acids is 1. The molecule has 1 aromatic carbocycles. The number of hydrogen-bond donors (Lipinski definition) is 2. The minimum absolute atomic E-state index is 0.133. The average Bonchev–Trinajstić information content (AvgIpc) is 2.51. The zero-order valence-corrected chi connectivity index (χ0v) is 14.3. The van der Waals surface area contributed by atoms with Crippen molar-refractivity contribution in [2.45, 2.75) is 17.7 Å². The van der Waals surface area contributed by atoms with Crippen LogP contribution < -0.4 is 0 Å². The first-order valence-electron chi connectivity index (χ1n) is 7.11. The van der Waals surface area contributed by atoms with Crippen LogP contribution in [0.3, 0.4) is 0 Å². The quantitative estimate of drug-likeness (QED) is 0.493. The number of halogens is 1. The molecule has 0 unspecified atom stereocenters. The molecular formula is C16H18ClNO4S. The van der Waals surface area contributed by atoms with Crippen molar-refractivity contribution in [3.63, 3.8) is 0 Å². The van der Waals surface area contributed by atoms with Gasteiger partial charge in [0.25, 0.3) is 0 Å². The lowest BCUT2D eigenvalue weighted by Gasteiger charge is -2.36. The van der Waals surface area contributed by atoms with Crippen molar-refractivity contribution in [2.24, 2.45) is 0 Å². The number of carboxylic acids is 1. The number of carbonyl (C=O) groups is 2. The van der Waals surface area contributed by atoms with Crippen molar-refractivity contribution in [3.05, 3.63) is 46.5 Å². The molecule has 7 heteroatoms. The highest BCUT2D eigenvalue weighted by molar-refractivity contribution is 7.81. The van der Waals surface area contributed by atoms with E-state index in [9.17, 15) is 9.59 Å². The Morgan fingerprint density at radius 1 is 1.48 bits per heavy atom. The number of piperidine rings is 1. The van der Waals surface area contributed by atoms with Crippen LogP contribution in [0.5, 0.6) is 0 Å². The van der Waals surface area contributed by atoms with Crippen molar-refractivity contribution in [3.8, 4) is 0 Å². The Balaban J connectivity index is 2.35. The topological polar surface area (TPSA) is 66.8 Å². The van der Waals surface area contributed by atoms with Gasteiger partial charge in [-0.3, -0.25) is 4.90 Å². The Morgan fingerprint density at radius 3 is 2.78 bits per heavy atom. The van der Waals surface area contributed by atoms with Gasteiger partial charge in [-0.05, 0) is 23.6 Å². The normalized spacial score (nSPS) is 21.9. The zero-order valence-electron chi connectivity index (χ0n) is 12.6. The van der Waals surface area contributed by atoms with Crippen LogP contribution in [-0.2, 0) is 14.3 Å². The molecule has 1 aliphatic rings. The van der Waals surface area contributed by atoms with Crippen molar-refractivity contribution in [2.75, 3.05) is 20.2 Å². The molecule has 1 N–H and O–H groups in total. The maximum Gasteiger partial charge on any atom is 0.328 e. The minimum atomic E-state index is -1.02. The van der Waals surface area contributed by atoms with E-state index in [0.29, 0.717) is 35.7 Å². The van der Waals surface area contributed by atoms with Gasteiger partial charge in [-0.15, -0.1) is 0 Å². The van der Waals surface area contributed by atoms with Gasteiger partial charge >= 0.3 is 11.9 Å². The molecule has 0 saturated carbocycles. The first-order chi connectivity index (χ1) is 10.9. The van der Waals surface area contributed by atoms with Gasteiger partial charge < -0.3 is 9.84 Å². The van der Waals surface area contributed by atoms with E-state index in [-0.39, 0.29) is 5.25 Å². The van der Waals surface area contributed by atoms with Crippen LogP contribution in [0.15, 0.2) is 35.9 Å². The summed E-state index contributed by atoms with van der Waals surface area (Å²) in [4.78, 5) is 25.1. The van der Waals surface area contributed by atoms with E-state index in [1.807, 2.05) is 4.90 Å². The van der Waals surface area contributed by atoms with E-state index in [1.54, 1.807) is 24.3 Å². The molecule has 23 heavy (non-hydrogen) atoms. The summed E-state index contributed by atoms with van der Waals surface area (Å²) >= 11 is 10.7. The van der Waals surface area contributed by atoms with Crippen molar-refractivity contribution >= 4 is 36.2 Å². The number of rotatable bonds is 4. The number of methoxy groups -OCH3 is 1. The second kappa shape index (κ2) is 7.86. The van der Waals surface area contributed by atoms with Crippen LogP contribution in [0, 0.1) is 0 Å². The molecule has 1 aliphatic heterocycles. The van der Waals surface area contributed by atoms with E-state index < -0.39 is 18.0 Å². The molecule has 124 valence electrons. The third-order valence-electron chi connectivity index (χ3n) is 3.80. The Bertz CT molecular complexity index is 634. The standard InChI is InChI=1S/C16H18ClNO4S/c1-22-16(21)15(11-4-2-3-5-12(11)17)18-7-6-13(23)10(9-18)8-14(19)20/h2-5,8,13,15,23H,6-7,9H2,1H3,(H,19,20)/b10-8+/t13-,15-/m0/s1. The van der Waals surface area contributed by atoms with Gasteiger partial charge in [-0.25, -0.2) is 9.59 Å². The maximum absolute atomic E-state index is 12.3. The van der Waals surface area contributed by atoms with Gasteiger partial charge in [0, 0.05) is 29.4 Å². The van der Waals surface area contributed by atoms with Gasteiger partial charge in [0.2, 0.25) is 0 Å². The molecule has 0 aromatic heterocycles. The van der Waals surface area contributed by atoms with Gasteiger partial charge in [0.05, 0.1) is 7.11 Å². The lowest BCUT2D eigenvalue weighted by atomic mass is 9.98. The minimum Gasteiger partial charge on any atom is -0.478 e. The Morgan fingerprint density at radius 2 is 2.17 bits per heavy atom. The summed E-state index contributed by atoms with van der Waals surface area (Å²) in [7, 11) is 1.32. The van der Waals surface area contributed by atoms with E-state index in [0.717, 1.165) is 6.08 Å². The largest absolute Gasteiger partial charge is 0.478 e. The van der Waals surface area contributed by atoms with Crippen LogP contribution >= 0.6 is 24.2 Å². The van der Waals surface area contributed by atoms with Crippen molar-refractivity contribution < 1.29 is 19.4 Å². The van der Waals surface area contributed by atoms with Crippen molar-refractivity contribution in [1.29, 1.82) is 0 Å². The Hall–Kier alpha value is -1.50. The fourth-order valence-electron chi connectivity index (χ4n) is 2.69. The van der Waals surface area contributed by atoms with Crippen LogP contribution in [0.2, 0.25) is 5.02 Å². The van der Waals surface area contributed by atoms with E-state index >= 15 is 0 Å². The molecule has 2 rings (SSSR count). The molecule has 2 atom stereocenters. The molecule has 0 radical (unpaired) electrons. The fraction of sp³-hybridized carbons (Fsp3) is 0.375. The van der Waals surface area contributed by atoms with Crippen LogP contribution in [0.25, 0.3) is 0 Å². The molecule has 5 nitrogen and oxygen atoms in total. The summed E-state index contributed by atoms with van der Waals surface area (Å²) in [5, 5.41) is 9.32. The summed E-state index contributed by atoms with van der Waals surface area (Å²) in [6.07, 6.45) is 1.80. The first-order valence-corrected chi connectivity index (χ1v) is 8.01. The second-order valence-corrected chi connectivity index (χ2v) is 6.31. The Kier molecular flexibility index (Phi) is 6.10. The van der Waals surface area contributed by atoms with Gasteiger partial charge in [-0.1, -0.05) is 29.8 Å². The molecule has 1 fully saturated rings. The zero-order chi connectivity index (χ0) is 17.0. The maximum atomic E-state index is 12.3. The summed E-state index contributed by atoms with van der Waals surface area (Å²) in [6.45, 7) is 0.918. The summed E-state index contributed by atoms with van der Waals surface area (Å²) in [6, 6.07) is 6.40. The van der Waals surface area contributed by atoms with Crippen LogP contribution in [0.4, 0.5) is 0 Å². The number of benzene rings is 1. The molecule has 1 saturated heterocycles. The second-order valence-electron chi connectivity index (χ2n) is 5.28. The average molecular weight is 356 g/mol. The fourth-order valence-corrected chi connectivity index (χ4v) is 3.21. The number of esters is 1. The highest BCUT2D eigenvalue weighted by atomic mass is 35.5. The summed E-state index contributed by atoms with van der Waals surface area (Å²) in [5.41, 5.74) is 1.31. The molecule has 0 aliphatic carbocycles. The molecule has 0 spiro atoms. The van der Waals surface area contributed by atoms with E-state index in [1.165, 1.54) is 7.11 Å². The van der Waals surface area contributed by atoms with Crippen LogP contribution in [0.1, 0.15) is 18.0 Å².